The Morgan fingerprint density at radius 2 is 2.05 bits per heavy atom. The van der Waals surface area contributed by atoms with Crippen LogP contribution in [0, 0.1) is 11.3 Å². The topological polar surface area (TPSA) is 41.1 Å². The van der Waals surface area contributed by atoms with Crippen molar-refractivity contribution < 1.29 is 4.79 Å². The van der Waals surface area contributed by atoms with Crippen molar-refractivity contribution in [3.63, 3.8) is 0 Å². The molecule has 0 spiro atoms. The molecule has 1 aliphatic heterocycles. The van der Waals surface area contributed by atoms with Gasteiger partial charge in [-0.1, -0.05) is 44.2 Å². The molecule has 1 heterocycles. The fourth-order valence-electron chi connectivity index (χ4n) is 2.76. The Morgan fingerprint density at radius 3 is 2.67 bits per heavy atom. The van der Waals surface area contributed by atoms with Gasteiger partial charge in [-0.2, -0.15) is 0 Å². The van der Waals surface area contributed by atoms with Gasteiger partial charge in [-0.05, 0) is 43.8 Å². The summed E-state index contributed by atoms with van der Waals surface area (Å²) in [6, 6.07) is 10.2. The maximum atomic E-state index is 12.4. The van der Waals surface area contributed by atoms with E-state index in [-0.39, 0.29) is 23.7 Å². The van der Waals surface area contributed by atoms with Gasteiger partial charge < -0.3 is 10.6 Å². The van der Waals surface area contributed by atoms with Crippen molar-refractivity contribution in [3.05, 3.63) is 35.9 Å². The van der Waals surface area contributed by atoms with E-state index in [2.05, 4.69) is 22.8 Å². The summed E-state index contributed by atoms with van der Waals surface area (Å²) in [5, 5.41) is 6.52. The lowest BCUT2D eigenvalue weighted by atomic mass is 9.84. The van der Waals surface area contributed by atoms with E-state index in [0.29, 0.717) is 5.92 Å². The number of hydrogen-bond acceptors (Lipinski definition) is 2. The van der Waals surface area contributed by atoms with Gasteiger partial charge in [0.15, 0.2) is 0 Å². The normalized spacial score (nSPS) is 18.7. The number of carbonyl (C=O) groups excluding carboxylic acids is 1. The van der Waals surface area contributed by atoms with Crippen molar-refractivity contribution in [3.8, 4) is 0 Å². The van der Waals surface area contributed by atoms with Crippen molar-refractivity contribution in [2.75, 3.05) is 19.6 Å². The summed E-state index contributed by atoms with van der Waals surface area (Å²) in [6.07, 6.45) is 3.21. The molecule has 0 saturated carbocycles. The highest BCUT2D eigenvalue weighted by Crippen LogP contribution is 2.22. The number of halogens is 1. The van der Waals surface area contributed by atoms with Crippen LogP contribution in [0.5, 0.6) is 0 Å². The maximum Gasteiger partial charge on any atom is 0.226 e. The lowest BCUT2D eigenvalue weighted by molar-refractivity contribution is -0.129. The molecule has 0 radical (unpaired) electrons. The molecule has 0 aromatic heterocycles. The van der Waals surface area contributed by atoms with E-state index in [4.69, 9.17) is 0 Å². The van der Waals surface area contributed by atoms with Gasteiger partial charge in [-0.15, -0.1) is 12.4 Å². The van der Waals surface area contributed by atoms with Crippen LogP contribution in [-0.2, 0) is 11.2 Å². The number of carbonyl (C=O) groups is 1. The Bertz CT molecular complexity index is 428. The first-order chi connectivity index (χ1) is 9.58. The molecular formula is C17H27ClN2O. The van der Waals surface area contributed by atoms with E-state index in [1.165, 1.54) is 18.4 Å². The van der Waals surface area contributed by atoms with Crippen molar-refractivity contribution in [2.45, 2.75) is 33.1 Å². The van der Waals surface area contributed by atoms with Crippen LogP contribution in [0.3, 0.4) is 0 Å². The van der Waals surface area contributed by atoms with Gasteiger partial charge in [0.05, 0.1) is 0 Å². The largest absolute Gasteiger partial charge is 0.355 e. The molecule has 1 amide bonds. The Morgan fingerprint density at radius 1 is 1.33 bits per heavy atom. The molecule has 1 atom stereocenters. The number of benzene rings is 1. The van der Waals surface area contributed by atoms with Gasteiger partial charge in [0.2, 0.25) is 5.91 Å². The zero-order valence-electron chi connectivity index (χ0n) is 13.0. The molecule has 0 aliphatic carbocycles. The molecule has 1 aromatic rings. The van der Waals surface area contributed by atoms with Crippen molar-refractivity contribution in [2.24, 2.45) is 11.3 Å². The van der Waals surface area contributed by atoms with Crippen molar-refractivity contribution >= 4 is 18.3 Å². The van der Waals surface area contributed by atoms with Gasteiger partial charge in [0.25, 0.3) is 0 Å². The third-order valence-corrected chi connectivity index (χ3v) is 4.05. The average Bonchev–Trinajstić information content (AvgIpc) is 2.46. The molecule has 1 fully saturated rings. The molecule has 4 heteroatoms. The molecular weight excluding hydrogens is 284 g/mol. The molecule has 118 valence electrons. The van der Waals surface area contributed by atoms with Crippen LogP contribution >= 0.6 is 12.4 Å². The fraction of sp³-hybridized carbons (Fsp3) is 0.588. The van der Waals surface area contributed by atoms with Gasteiger partial charge in [-0.25, -0.2) is 0 Å². The second-order valence-electron chi connectivity index (χ2n) is 6.47. The summed E-state index contributed by atoms with van der Waals surface area (Å²) >= 11 is 0. The minimum Gasteiger partial charge on any atom is -0.355 e. The van der Waals surface area contributed by atoms with E-state index >= 15 is 0 Å². The average molecular weight is 311 g/mol. The van der Waals surface area contributed by atoms with E-state index < -0.39 is 0 Å². The highest BCUT2D eigenvalue weighted by molar-refractivity contribution is 5.85. The first-order valence-electron chi connectivity index (χ1n) is 7.61. The van der Waals surface area contributed by atoms with Gasteiger partial charge in [0, 0.05) is 12.0 Å². The van der Waals surface area contributed by atoms with Crippen LogP contribution in [0.4, 0.5) is 0 Å². The molecule has 1 saturated heterocycles. The van der Waals surface area contributed by atoms with Gasteiger partial charge in [-0.3, -0.25) is 4.79 Å². The lowest BCUT2D eigenvalue weighted by Crippen LogP contribution is -2.43. The van der Waals surface area contributed by atoms with Crippen molar-refractivity contribution in [1.29, 1.82) is 0 Å². The molecule has 2 rings (SSSR count). The summed E-state index contributed by atoms with van der Waals surface area (Å²) in [4.78, 5) is 12.4. The SMILES string of the molecule is CC(C)(Cc1ccccc1)C(=O)NCC1CCCNC1.Cl. The first-order valence-corrected chi connectivity index (χ1v) is 7.61. The second-order valence-corrected chi connectivity index (χ2v) is 6.47. The highest BCUT2D eigenvalue weighted by Gasteiger charge is 2.28. The molecule has 21 heavy (non-hydrogen) atoms. The standard InChI is InChI=1S/C17H26N2O.ClH/c1-17(2,11-14-7-4-3-5-8-14)16(20)19-13-15-9-6-10-18-12-15;/h3-5,7-8,15,18H,6,9-13H2,1-2H3,(H,19,20);1H. The number of rotatable bonds is 5. The third kappa shape index (κ3) is 5.68. The van der Waals surface area contributed by atoms with Crippen molar-refractivity contribution in [1.82, 2.24) is 10.6 Å². The summed E-state index contributed by atoms with van der Waals surface area (Å²) in [5.74, 6) is 0.743. The number of hydrogen-bond donors (Lipinski definition) is 2. The summed E-state index contributed by atoms with van der Waals surface area (Å²) in [5.41, 5.74) is 0.857. The van der Waals surface area contributed by atoms with Crippen LogP contribution in [0.1, 0.15) is 32.3 Å². The molecule has 3 nitrogen and oxygen atoms in total. The van der Waals surface area contributed by atoms with E-state index in [9.17, 15) is 4.79 Å². The third-order valence-electron chi connectivity index (χ3n) is 4.05. The Hall–Kier alpha value is -1.06. The maximum absolute atomic E-state index is 12.4. The Balaban J connectivity index is 0.00000220. The number of amides is 1. The minimum absolute atomic E-state index is 0. The summed E-state index contributed by atoms with van der Waals surface area (Å²) < 4.78 is 0. The molecule has 0 bridgehead atoms. The smallest absolute Gasteiger partial charge is 0.226 e. The molecule has 1 unspecified atom stereocenters. The summed E-state index contributed by atoms with van der Waals surface area (Å²) in [6.45, 7) is 6.98. The highest BCUT2D eigenvalue weighted by atomic mass is 35.5. The van der Waals surface area contributed by atoms with Gasteiger partial charge >= 0.3 is 0 Å². The predicted octanol–water partition coefficient (Wildman–Crippen LogP) is 2.79. The quantitative estimate of drug-likeness (QED) is 0.878. The van der Waals surface area contributed by atoms with E-state index in [1.807, 2.05) is 32.0 Å². The Labute approximate surface area is 134 Å². The second kappa shape index (κ2) is 8.40. The zero-order chi connectivity index (χ0) is 14.4. The molecule has 1 aromatic carbocycles. The van der Waals surface area contributed by atoms with E-state index in [1.54, 1.807) is 0 Å². The number of piperidine rings is 1. The minimum atomic E-state index is -0.358. The molecule has 2 N–H and O–H groups in total. The van der Waals surface area contributed by atoms with Crippen LogP contribution in [0.15, 0.2) is 30.3 Å². The Kier molecular flexibility index (Phi) is 7.20. The van der Waals surface area contributed by atoms with Crippen LogP contribution in [-0.4, -0.2) is 25.5 Å². The van der Waals surface area contributed by atoms with Crippen LogP contribution < -0.4 is 10.6 Å². The van der Waals surface area contributed by atoms with Crippen LogP contribution in [0.2, 0.25) is 0 Å². The summed E-state index contributed by atoms with van der Waals surface area (Å²) in [7, 11) is 0. The lowest BCUT2D eigenvalue weighted by Gasteiger charge is -2.27. The molecule has 1 aliphatic rings. The van der Waals surface area contributed by atoms with Crippen LogP contribution in [0.25, 0.3) is 0 Å². The fourth-order valence-corrected chi connectivity index (χ4v) is 2.76. The predicted molar refractivity (Wildman–Crippen MR) is 89.8 cm³/mol. The number of nitrogens with one attached hydrogen (secondary N) is 2. The first kappa shape index (κ1) is 18.0. The zero-order valence-corrected chi connectivity index (χ0v) is 13.8. The van der Waals surface area contributed by atoms with E-state index in [0.717, 1.165) is 26.1 Å². The monoisotopic (exact) mass is 310 g/mol. The van der Waals surface area contributed by atoms with Gasteiger partial charge in [0.1, 0.15) is 0 Å².